The lowest BCUT2D eigenvalue weighted by atomic mass is 10.1. The first-order valence-electron chi connectivity index (χ1n) is 7.93. The summed E-state index contributed by atoms with van der Waals surface area (Å²) in [6.45, 7) is 2.36. The van der Waals surface area contributed by atoms with Gasteiger partial charge in [-0.3, -0.25) is 4.79 Å². The fraction of sp³-hybridized carbons (Fsp3) is 0.389. The smallest absolute Gasteiger partial charge is 0.267 e. The zero-order valence-electron chi connectivity index (χ0n) is 13.8. The molecule has 0 unspecified atom stereocenters. The van der Waals surface area contributed by atoms with Gasteiger partial charge in [-0.05, 0) is 56.8 Å². The van der Waals surface area contributed by atoms with Gasteiger partial charge in [0.25, 0.3) is 5.91 Å². The Bertz CT molecular complexity index is 577. The summed E-state index contributed by atoms with van der Waals surface area (Å²) < 4.78 is 5.70. The number of nitrogens with one attached hydrogen (secondary N) is 2. The minimum Gasteiger partial charge on any atom is -0.494 e. The van der Waals surface area contributed by atoms with Gasteiger partial charge in [0.1, 0.15) is 11.4 Å². The Hall–Kier alpha value is -2.27. The molecule has 0 atom stereocenters. The fourth-order valence-electron chi connectivity index (χ4n) is 2.21. The van der Waals surface area contributed by atoms with Crippen molar-refractivity contribution in [3.05, 3.63) is 53.9 Å². The Kier molecular flexibility index (Phi) is 6.69. The molecule has 1 heterocycles. The number of hydrogen-bond donors (Lipinski definition) is 2. The molecule has 0 radical (unpaired) electrons. The maximum atomic E-state index is 11.8. The van der Waals surface area contributed by atoms with Crippen molar-refractivity contribution in [2.24, 2.45) is 0 Å². The predicted octanol–water partition coefficient (Wildman–Crippen LogP) is 2.32. The number of amides is 1. The molecule has 5 nitrogen and oxygen atoms in total. The van der Waals surface area contributed by atoms with Crippen molar-refractivity contribution in [3.63, 3.8) is 0 Å². The first-order chi connectivity index (χ1) is 11.1. The molecule has 1 aromatic heterocycles. The summed E-state index contributed by atoms with van der Waals surface area (Å²) in [6, 6.07) is 11.6. The maximum absolute atomic E-state index is 11.8. The van der Waals surface area contributed by atoms with Crippen LogP contribution in [-0.4, -0.2) is 49.6 Å². The minimum absolute atomic E-state index is 0.0733. The average Bonchev–Trinajstić information content (AvgIpc) is 3.07. The summed E-state index contributed by atoms with van der Waals surface area (Å²) in [5.74, 6) is 0.818. The van der Waals surface area contributed by atoms with Gasteiger partial charge in [0, 0.05) is 19.3 Å². The molecule has 0 spiro atoms. The van der Waals surface area contributed by atoms with Crippen molar-refractivity contribution in [1.29, 1.82) is 0 Å². The molecule has 2 rings (SSSR count). The van der Waals surface area contributed by atoms with Gasteiger partial charge in [-0.1, -0.05) is 12.1 Å². The highest BCUT2D eigenvalue weighted by atomic mass is 16.5. The molecule has 1 aromatic carbocycles. The van der Waals surface area contributed by atoms with Gasteiger partial charge < -0.3 is 19.9 Å². The van der Waals surface area contributed by atoms with Crippen LogP contribution >= 0.6 is 0 Å². The third-order valence-corrected chi connectivity index (χ3v) is 3.48. The molecule has 0 aliphatic rings. The van der Waals surface area contributed by atoms with Crippen LogP contribution in [0.25, 0.3) is 0 Å². The molecule has 0 saturated carbocycles. The lowest BCUT2D eigenvalue weighted by molar-refractivity contribution is 0.0950. The SMILES string of the molecule is CN(C)CCCOc1ccc(CCNC(=O)c2ccc[nH]2)cc1. The number of nitrogens with zero attached hydrogens (tertiary/aromatic N) is 1. The number of carbonyl (C=O) groups excluding carboxylic acids is 1. The van der Waals surface area contributed by atoms with E-state index in [4.69, 9.17) is 4.74 Å². The summed E-state index contributed by atoms with van der Waals surface area (Å²) in [4.78, 5) is 16.8. The largest absolute Gasteiger partial charge is 0.494 e. The zero-order valence-corrected chi connectivity index (χ0v) is 13.8. The van der Waals surface area contributed by atoms with Crippen LogP contribution < -0.4 is 10.1 Å². The molecule has 1 amide bonds. The van der Waals surface area contributed by atoms with Crippen molar-refractivity contribution < 1.29 is 9.53 Å². The molecule has 0 fully saturated rings. The van der Waals surface area contributed by atoms with Crippen LogP contribution in [-0.2, 0) is 6.42 Å². The van der Waals surface area contributed by atoms with Gasteiger partial charge in [0.15, 0.2) is 0 Å². The molecule has 2 aromatic rings. The Labute approximate surface area is 137 Å². The van der Waals surface area contributed by atoms with E-state index in [1.165, 1.54) is 5.56 Å². The highest BCUT2D eigenvalue weighted by Crippen LogP contribution is 2.12. The monoisotopic (exact) mass is 315 g/mol. The second-order valence-corrected chi connectivity index (χ2v) is 5.74. The Morgan fingerprint density at radius 3 is 2.65 bits per heavy atom. The molecular weight excluding hydrogens is 290 g/mol. The molecule has 0 aliphatic carbocycles. The van der Waals surface area contributed by atoms with Crippen molar-refractivity contribution in [3.8, 4) is 5.75 Å². The summed E-state index contributed by atoms with van der Waals surface area (Å²) >= 11 is 0. The summed E-state index contributed by atoms with van der Waals surface area (Å²) in [6.07, 6.45) is 3.55. The van der Waals surface area contributed by atoms with Crippen LogP contribution in [0.5, 0.6) is 5.75 Å². The maximum Gasteiger partial charge on any atom is 0.267 e. The molecule has 0 aliphatic heterocycles. The lowest BCUT2D eigenvalue weighted by Gasteiger charge is -2.10. The van der Waals surface area contributed by atoms with E-state index in [0.717, 1.165) is 31.7 Å². The number of rotatable bonds is 9. The fourth-order valence-corrected chi connectivity index (χ4v) is 2.21. The molecule has 0 saturated heterocycles. The molecule has 2 N–H and O–H groups in total. The summed E-state index contributed by atoms with van der Waals surface area (Å²) in [7, 11) is 4.12. The van der Waals surface area contributed by atoms with Crippen molar-refractivity contribution >= 4 is 5.91 Å². The Morgan fingerprint density at radius 2 is 2.00 bits per heavy atom. The van der Waals surface area contributed by atoms with Gasteiger partial charge in [0.2, 0.25) is 0 Å². The van der Waals surface area contributed by atoms with E-state index in [-0.39, 0.29) is 5.91 Å². The predicted molar refractivity (Wildman–Crippen MR) is 91.9 cm³/mol. The lowest BCUT2D eigenvalue weighted by Crippen LogP contribution is -2.25. The van der Waals surface area contributed by atoms with Crippen molar-refractivity contribution in [2.75, 3.05) is 33.8 Å². The van der Waals surface area contributed by atoms with E-state index in [9.17, 15) is 4.79 Å². The van der Waals surface area contributed by atoms with E-state index in [1.54, 1.807) is 12.3 Å². The van der Waals surface area contributed by atoms with Crippen molar-refractivity contribution in [2.45, 2.75) is 12.8 Å². The zero-order chi connectivity index (χ0) is 16.5. The molecular formula is C18H25N3O2. The second-order valence-electron chi connectivity index (χ2n) is 5.74. The van der Waals surface area contributed by atoms with Gasteiger partial charge in [-0.2, -0.15) is 0 Å². The van der Waals surface area contributed by atoms with E-state index >= 15 is 0 Å². The first-order valence-corrected chi connectivity index (χ1v) is 7.93. The van der Waals surface area contributed by atoms with Crippen LogP contribution in [0.1, 0.15) is 22.5 Å². The van der Waals surface area contributed by atoms with Crippen LogP contribution in [0.15, 0.2) is 42.6 Å². The third kappa shape index (κ3) is 6.16. The van der Waals surface area contributed by atoms with E-state index in [1.807, 2.05) is 30.3 Å². The van der Waals surface area contributed by atoms with Gasteiger partial charge in [0.05, 0.1) is 6.61 Å². The summed E-state index contributed by atoms with van der Waals surface area (Å²) in [5.41, 5.74) is 1.77. The topological polar surface area (TPSA) is 57.4 Å². The van der Waals surface area contributed by atoms with Gasteiger partial charge in [-0.25, -0.2) is 0 Å². The van der Waals surface area contributed by atoms with E-state index < -0.39 is 0 Å². The number of aromatic nitrogens is 1. The average molecular weight is 315 g/mol. The number of H-pyrrole nitrogens is 1. The van der Waals surface area contributed by atoms with Crippen LogP contribution in [0, 0.1) is 0 Å². The van der Waals surface area contributed by atoms with E-state index in [2.05, 4.69) is 29.3 Å². The molecule has 5 heteroatoms. The molecule has 23 heavy (non-hydrogen) atoms. The number of hydrogen-bond acceptors (Lipinski definition) is 3. The number of carbonyl (C=O) groups is 1. The third-order valence-electron chi connectivity index (χ3n) is 3.48. The van der Waals surface area contributed by atoms with E-state index in [0.29, 0.717) is 12.2 Å². The minimum atomic E-state index is -0.0733. The normalized spacial score (nSPS) is 10.7. The van der Waals surface area contributed by atoms with Crippen molar-refractivity contribution in [1.82, 2.24) is 15.2 Å². The highest BCUT2D eigenvalue weighted by Gasteiger charge is 2.04. The van der Waals surface area contributed by atoms with Gasteiger partial charge >= 0.3 is 0 Å². The molecule has 0 bridgehead atoms. The Morgan fingerprint density at radius 1 is 1.22 bits per heavy atom. The summed E-state index contributed by atoms with van der Waals surface area (Å²) in [5, 5.41) is 2.89. The standard InChI is InChI=1S/C18H25N3O2/c1-21(2)13-4-14-23-16-8-6-15(7-9-16)10-12-20-18(22)17-5-3-11-19-17/h3,5-9,11,19H,4,10,12-14H2,1-2H3,(H,20,22). The number of ether oxygens (including phenoxy) is 1. The Balaban J connectivity index is 1.67. The quantitative estimate of drug-likeness (QED) is 0.698. The number of benzene rings is 1. The molecule has 124 valence electrons. The highest BCUT2D eigenvalue weighted by molar-refractivity contribution is 5.92. The first kappa shape index (κ1) is 17.1. The van der Waals surface area contributed by atoms with Crippen LogP contribution in [0.3, 0.4) is 0 Å². The van der Waals surface area contributed by atoms with Gasteiger partial charge in [-0.15, -0.1) is 0 Å². The van der Waals surface area contributed by atoms with Crippen LogP contribution in [0.4, 0.5) is 0 Å². The number of aromatic amines is 1. The van der Waals surface area contributed by atoms with Crippen LogP contribution in [0.2, 0.25) is 0 Å². The second kappa shape index (κ2) is 9.00.